The van der Waals surface area contributed by atoms with E-state index in [1.807, 2.05) is 11.8 Å². The number of anilines is 2. The molecule has 3 N–H and O–H groups in total. The number of halogens is 1. The van der Waals surface area contributed by atoms with Crippen molar-refractivity contribution in [3.8, 4) is 0 Å². The molecule has 0 aliphatic carbocycles. The van der Waals surface area contributed by atoms with Gasteiger partial charge in [-0.25, -0.2) is 0 Å². The van der Waals surface area contributed by atoms with Crippen LogP contribution in [-0.4, -0.2) is 17.4 Å². The number of carbonyl (C=O) groups is 1. The molecular weight excluding hydrogens is 268 g/mol. The van der Waals surface area contributed by atoms with Gasteiger partial charge in [0.15, 0.2) is 0 Å². The summed E-state index contributed by atoms with van der Waals surface area (Å²) >= 11 is 7.97. The largest absolute Gasteiger partial charge is 0.399 e. The number of nitrogen functional groups attached to an aromatic ring is 1. The molecule has 1 saturated heterocycles. The molecule has 0 saturated carbocycles. The van der Waals surface area contributed by atoms with Gasteiger partial charge in [-0.1, -0.05) is 11.6 Å². The first-order valence-corrected chi connectivity index (χ1v) is 7.61. The van der Waals surface area contributed by atoms with E-state index in [1.54, 1.807) is 18.2 Å². The van der Waals surface area contributed by atoms with Crippen molar-refractivity contribution in [2.24, 2.45) is 5.92 Å². The zero-order valence-electron chi connectivity index (χ0n) is 10.1. The lowest BCUT2D eigenvalue weighted by molar-refractivity contribution is -0.117. The fourth-order valence-corrected chi connectivity index (χ4v) is 3.42. The number of rotatable bonds is 3. The Hall–Kier alpha value is -0.870. The van der Waals surface area contributed by atoms with Crippen molar-refractivity contribution in [2.45, 2.75) is 19.3 Å². The van der Waals surface area contributed by atoms with Crippen molar-refractivity contribution < 1.29 is 4.79 Å². The maximum Gasteiger partial charge on any atom is 0.224 e. The molecule has 98 valence electrons. The Morgan fingerprint density at radius 1 is 1.44 bits per heavy atom. The van der Waals surface area contributed by atoms with E-state index in [1.165, 1.54) is 0 Å². The van der Waals surface area contributed by atoms with E-state index in [9.17, 15) is 4.79 Å². The van der Waals surface area contributed by atoms with Crippen LogP contribution in [0.3, 0.4) is 0 Å². The summed E-state index contributed by atoms with van der Waals surface area (Å²) in [5, 5.41) is 3.37. The van der Waals surface area contributed by atoms with Crippen LogP contribution < -0.4 is 11.1 Å². The maximum atomic E-state index is 11.9. The average molecular weight is 285 g/mol. The van der Waals surface area contributed by atoms with Gasteiger partial charge in [0, 0.05) is 12.1 Å². The molecule has 0 spiro atoms. The van der Waals surface area contributed by atoms with Gasteiger partial charge in [-0.05, 0) is 48.5 Å². The highest BCUT2D eigenvalue weighted by Gasteiger charge is 2.17. The van der Waals surface area contributed by atoms with Gasteiger partial charge in [-0.2, -0.15) is 11.8 Å². The first kappa shape index (κ1) is 13.6. The number of benzene rings is 1. The molecule has 1 amide bonds. The van der Waals surface area contributed by atoms with Gasteiger partial charge >= 0.3 is 0 Å². The molecule has 1 heterocycles. The fourth-order valence-electron chi connectivity index (χ4n) is 2.05. The summed E-state index contributed by atoms with van der Waals surface area (Å²) < 4.78 is 0. The second kappa shape index (κ2) is 6.34. The highest BCUT2D eigenvalue weighted by molar-refractivity contribution is 7.99. The maximum absolute atomic E-state index is 11.9. The topological polar surface area (TPSA) is 55.1 Å². The fraction of sp³-hybridized carbons (Fsp3) is 0.462. The zero-order valence-corrected chi connectivity index (χ0v) is 11.7. The number of nitrogens with one attached hydrogen (secondary N) is 1. The molecule has 0 bridgehead atoms. The predicted molar refractivity (Wildman–Crippen MR) is 79.2 cm³/mol. The SMILES string of the molecule is Nc1ccc(Cl)c(NC(=O)CC2CCSCC2)c1. The molecule has 2 rings (SSSR count). The first-order valence-electron chi connectivity index (χ1n) is 6.08. The van der Waals surface area contributed by atoms with E-state index in [0.29, 0.717) is 28.7 Å². The van der Waals surface area contributed by atoms with Crippen molar-refractivity contribution in [3.63, 3.8) is 0 Å². The minimum atomic E-state index is 0.0272. The monoisotopic (exact) mass is 284 g/mol. The first-order chi connectivity index (χ1) is 8.65. The average Bonchev–Trinajstić information content (AvgIpc) is 2.35. The van der Waals surface area contributed by atoms with Crippen molar-refractivity contribution >= 4 is 40.6 Å². The number of carbonyl (C=O) groups excluding carboxylic acids is 1. The number of hydrogen-bond donors (Lipinski definition) is 2. The van der Waals surface area contributed by atoms with Crippen molar-refractivity contribution in [3.05, 3.63) is 23.2 Å². The Labute approximate surface area is 116 Å². The van der Waals surface area contributed by atoms with Gasteiger partial charge in [0.05, 0.1) is 10.7 Å². The normalized spacial score (nSPS) is 16.5. The molecule has 0 radical (unpaired) electrons. The highest BCUT2D eigenvalue weighted by atomic mass is 35.5. The number of thioether (sulfide) groups is 1. The van der Waals surface area contributed by atoms with Crippen LogP contribution in [0.15, 0.2) is 18.2 Å². The summed E-state index contributed by atoms with van der Waals surface area (Å²) in [6.07, 6.45) is 2.83. The molecule has 1 aliphatic heterocycles. The molecule has 3 nitrogen and oxygen atoms in total. The molecule has 1 aliphatic rings. The minimum absolute atomic E-state index is 0.0272. The Kier molecular flexibility index (Phi) is 4.78. The Morgan fingerprint density at radius 2 is 2.17 bits per heavy atom. The van der Waals surface area contributed by atoms with E-state index >= 15 is 0 Å². The van der Waals surface area contributed by atoms with Crippen LogP contribution in [-0.2, 0) is 4.79 Å². The van der Waals surface area contributed by atoms with Gasteiger partial charge in [-0.3, -0.25) is 4.79 Å². The van der Waals surface area contributed by atoms with Gasteiger partial charge < -0.3 is 11.1 Å². The Bertz CT molecular complexity index is 433. The lowest BCUT2D eigenvalue weighted by Crippen LogP contribution is -2.19. The summed E-state index contributed by atoms with van der Waals surface area (Å²) in [5.41, 5.74) is 6.88. The van der Waals surface area contributed by atoms with E-state index in [-0.39, 0.29) is 5.91 Å². The van der Waals surface area contributed by atoms with E-state index in [2.05, 4.69) is 5.32 Å². The van der Waals surface area contributed by atoms with Gasteiger partial charge in [0.25, 0.3) is 0 Å². The van der Waals surface area contributed by atoms with Gasteiger partial charge in [-0.15, -0.1) is 0 Å². The molecule has 0 atom stereocenters. The number of hydrogen-bond acceptors (Lipinski definition) is 3. The van der Waals surface area contributed by atoms with Gasteiger partial charge in [0.1, 0.15) is 0 Å². The van der Waals surface area contributed by atoms with Crippen LogP contribution >= 0.6 is 23.4 Å². The lowest BCUT2D eigenvalue weighted by Gasteiger charge is -2.20. The Morgan fingerprint density at radius 3 is 2.89 bits per heavy atom. The van der Waals surface area contributed by atoms with Crippen LogP contribution in [0.25, 0.3) is 0 Å². The Balaban J connectivity index is 1.92. The number of amides is 1. The van der Waals surface area contributed by atoms with Crippen molar-refractivity contribution in [2.75, 3.05) is 22.6 Å². The third-order valence-electron chi connectivity index (χ3n) is 3.08. The summed E-state index contributed by atoms with van der Waals surface area (Å²) in [4.78, 5) is 11.9. The van der Waals surface area contributed by atoms with E-state index in [4.69, 9.17) is 17.3 Å². The predicted octanol–water partition coefficient (Wildman–Crippen LogP) is 3.39. The second-order valence-corrected chi connectivity index (χ2v) is 6.18. The molecular formula is C13H17ClN2OS. The molecule has 1 aromatic rings. The summed E-state index contributed by atoms with van der Waals surface area (Å²) in [6, 6.07) is 5.11. The smallest absolute Gasteiger partial charge is 0.224 e. The minimum Gasteiger partial charge on any atom is -0.399 e. The molecule has 5 heteroatoms. The zero-order chi connectivity index (χ0) is 13.0. The summed E-state index contributed by atoms with van der Waals surface area (Å²) in [7, 11) is 0. The van der Waals surface area contributed by atoms with Gasteiger partial charge in [0.2, 0.25) is 5.91 Å². The van der Waals surface area contributed by atoms with Crippen LogP contribution in [0.4, 0.5) is 11.4 Å². The molecule has 1 aromatic carbocycles. The second-order valence-electron chi connectivity index (χ2n) is 4.55. The van der Waals surface area contributed by atoms with Crippen LogP contribution in [0, 0.1) is 5.92 Å². The highest BCUT2D eigenvalue weighted by Crippen LogP contribution is 2.27. The quantitative estimate of drug-likeness (QED) is 0.837. The van der Waals surface area contributed by atoms with Crippen LogP contribution in [0.2, 0.25) is 5.02 Å². The summed E-state index contributed by atoms with van der Waals surface area (Å²) in [5.74, 6) is 2.86. The van der Waals surface area contributed by atoms with Crippen LogP contribution in [0.1, 0.15) is 19.3 Å². The number of nitrogens with two attached hydrogens (primary N) is 1. The standard InChI is InChI=1S/C13H17ClN2OS/c14-11-2-1-10(15)8-12(11)16-13(17)7-9-3-5-18-6-4-9/h1-2,8-9H,3-7,15H2,(H,16,17). The lowest BCUT2D eigenvalue weighted by atomic mass is 9.98. The third-order valence-corrected chi connectivity index (χ3v) is 4.46. The molecule has 0 aromatic heterocycles. The van der Waals surface area contributed by atoms with E-state index < -0.39 is 0 Å². The third kappa shape index (κ3) is 3.82. The summed E-state index contributed by atoms with van der Waals surface area (Å²) in [6.45, 7) is 0. The van der Waals surface area contributed by atoms with Crippen molar-refractivity contribution in [1.29, 1.82) is 0 Å². The molecule has 1 fully saturated rings. The van der Waals surface area contributed by atoms with Crippen molar-refractivity contribution in [1.82, 2.24) is 0 Å². The molecule has 0 unspecified atom stereocenters. The van der Waals surface area contributed by atoms with E-state index in [0.717, 1.165) is 24.3 Å². The van der Waals surface area contributed by atoms with Crippen LogP contribution in [0.5, 0.6) is 0 Å². The molecule has 18 heavy (non-hydrogen) atoms.